The zero-order valence-corrected chi connectivity index (χ0v) is 13.9. The fourth-order valence-corrected chi connectivity index (χ4v) is 2.92. The fourth-order valence-electron chi connectivity index (χ4n) is 2.74. The minimum absolute atomic E-state index is 0.107. The number of hydrogen-bond donors (Lipinski definition) is 0. The Kier molecular flexibility index (Phi) is 5.09. The summed E-state index contributed by atoms with van der Waals surface area (Å²) in [6.45, 7) is 3.10. The Morgan fingerprint density at radius 3 is 2.62 bits per heavy atom. The number of carbonyl (C=O) groups excluding carboxylic acids is 1. The number of carbonyl (C=O) groups is 1. The standard InChI is InChI=1S/C18H17ClN4O/c19-17-10-21-6-5-16(17)12-22-7-8-23(18(24)13-22)11-15-3-1-14(9-20)2-4-15/h1-6,10H,7-8,11-13H2. The van der Waals surface area contributed by atoms with E-state index in [2.05, 4.69) is 16.0 Å². The molecule has 0 aliphatic carbocycles. The van der Waals surface area contributed by atoms with E-state index < -0.39 is 0 Å². The summed E-state index contributed by atoms with van der Waals surface area (Å²) in [5, 5.41) is 9.46. The van der Waals surface area contributed by atoms with E-state index in [9.17, 15) is 4.79 Å². The van der Waals surface area contributed by atoms with E-state index in [1.165, 1.54) is 0 Å². The Balaban J connectivity index is 1.58. The van der Waals surface area contributed by atoms with E-state index in [0.29, 0.717) is 36.8 Å². The highest BCUT2D eigenvalue weighted by Crippen LogP contribution is 2.18. The van der Waals surface area contributed by atoms with Crippen LogP contribution in [0.1, 0.15) is 16.7 Å². The number of hydrogen-bond acceptors (Lipinski definition) is 4. The second-order valence-corrected chi connectivity index (χ2v) is 6.21. The van der Waals surface area contributed by atoms with Gasteiger partial charge < -0.3 is 4.90 Å². The smallest absolute Gasteiger partial charge is 0.237 e. The molecule has 0 atom stereocenters. The monoisotopic (exact) mass is 340 g/mol. The fraction of sp³-hybridized carbons (Fsp3) is 0.278. The largest absolute Gasteiger partial charge is 0.336 e. The molecule has 1 fully saturated rings. The normalized spacial score (nSPS) is 15.3. The number of benzene rings is 1. The molecule has 1 aromatic heterocycles. The van der Waals surface area contributed by atoms with Crippen molar-refractivity contribution >= 4 is 17.5 Å². The van der Waals surface area contributed by atoms with E-state index in [-0.39, 0.29) is 5.91 Å². The molecule has 1 amide bonds. The molecule has 0 unspecified atom stereocenters. The molecule has 24 heavy (non-hydrogen) atoms. The van der Waals surface area contributed by atoms with E-state index in [4.69, 9.17) is 16.9 Å². The van der Waals surface area contributed by atoms with Crippen LogP contribution in [0.4, 0.5) is 0 Å². The van der Waals surface area contributed by atoms with Crippen molar-refractivity contribution in [1.82, 2.24) is 14.8 Å². The molecular weight excluding hydrogens is 324 g/mol. The van der Waals surface area contributed by atoms with Gasteiger partial charge in [-0.2, -0.15) is 5.26 Å². The Hall–Kier alpha value is -2.42. The van der Waals surface area contributed by atoms with Crippen LogP contribution in [0.3, 0.4) is 0 Å². The first-order valence-corrected chi connectivity index (χ1v) is 8.11. The lowest BCUT2D eigenvalue weighted by atomic mass is 10.1. The van der Waals surface area contributed by atoms with Gasteiger partial charge in [-0.15, -0.1) is 0 Å². The lowest BCUT2D eigenvalue weighted by Gasteiger charge is -2.34. The summed E-state index contributed by atoms with van der Waals surface area (Å²) < 4.78 is 0. The third kappa shape index (κ3) is 3.91. The van der Waals surface area contributed by atoms with Crippen molar-refractivity contribution in [2.45, 2.75) is 13.1 Å². The Morgan fingerprint density at radius 1 is 1.17 bits per heavy atom. The van der Waals surface area contributed by atoms with Crippen molar-refractivity contribution in [3.8, 4) is 6.07 Å². The molecule has 0 N–H and O–H groups in total. The van der Waals surface area contributed by atoms with Crippen LogP contribution < -0.4 is 0 Å². The van der Waals surface area contributed by atoms with Crippen molar-refractivity contribution in [2.75, 3.05) is 19.6 Å². The molecule has 122 valence electrons. The molecule has 5 nitrogen and oxygen atoms in total. The lowest BCUT2D eigenvalue weighted by Crippen LogP contribution is -2.49. The quantitative estimate of drug-likeness (QED) is 0.857. The second-order valence-electron chi connectivity index (χ2n) is 5.80. The maximum Gasteiger partial charge on any atom is 0.237 e. The van der Waals surface area contributed by atoms with Gasteiger partial charge in [0.05, 0.1) is 23.2 Å². The number of rotatable bonds is 4. The Bertz CT molecular complexity index is 769. The summed E-state index contributed by atoms with van der Waals surface area (Å²) in [5.41, 5.74) is 2.65. The van der Waals surface area contributed by atoms with Crippen LogP contribution in [0.15, 0.2) is 42.7 Å². The minimum atomic E-state index is 0.107. The number of pyridine rings is 1. The minimum Gasteiger partial charge on any atom is -0.336 e. The van der Waals surface area contributed by atoms with Gasteiger partial charge in [0, 0.05) is 38.6 Å². The number of nitriles is 1. The molecular formula is C18H17ClN4O. The van der Waals surface area contributed by atoms with Crippen molar-refractivity contribution < 1.29 is 4.79 Å². The van der Waals surface area contributed by atoms with Crippen molar-refractivity contribution in [2.24, 2.45) is 0 Å². The molecule has 0 saturated carbocycles. The summed E-state index contributed by atoms with van der Waals surface area (Å²) >= 11 is 6.13. The van der Waals surface area contributed by atoms with Crippen LogP contribution in [0, 0.1) is 11.3 Å². The van der Waals surface area contributed by atoms with E-state index in [0.717, 1.165) is 17.7 Å². The van der Waals surface area contributed by atoms with Crippen LogP contribution >= 0.6 is 11.6 Å². The van der Waals surface area contributed by atoms with Gasteiger partial charge in [0.15, 0.2) is 0 Å². The lowest BCUT2D eigenvalue weighted by molar-refractivity contribution is -0.136. The highest BCUT2D eigenvalue weighted by molar-refractivity contribution is 6.31. The molecule has 0 bridgehead atoms. The first-order valence-electron chi connectivity index (χ1n) is 7.73. The number of halogens is 1. The third-order valence-corrected chi connectivity index (χ3v) is 4.44. The maximum absolute atomic E-state index is 12.4. The number of aromatic nitrogens is 1. The molecule has 2 heterocycles. The highest BCUT2D eigenvalue weighted by atomic mass is 35.5. The van der Waals surface area contributed by atoms with Crippen molar-refractivity contribution in [3.63, 3.8) is 0 Å². The van der Waals surface area contributed by atoms with E-state index in [1.54, 1.807) is 24.5 Å². The zero-order chi connectivity index (χ0) is 16.9. The van der Waals surface area contributed by atoms with Gasteiger partial charge in [0.2, 0.25) is 5.91 Å². The van der Waals surface area contributed by atoms with Gasteiger partial charge in [0.1, 0.15) is 0 Å². The summed E-state index contributed by atoms with van der Waals surface area (Å²) in [5.74, 6) is 0.107. The summed E-state index contributed by atoms with van der Waals surface area (Å²) in [4.78, 5) is 20.3. The second kappa shape index (κ2) is 7.43. The molecule has 3 rings (SSSR count). The Labute approximate surface area is 146 Å². The molecule has 1 aliphatic rings. The first-order chi connectivity index (χ1) is 11.7. The summed E-state index contributed by atoms with van der Waals surface area (Å²) in [6, 6.07) is 11.3. The Morgan fingerprint density at radius 2 is 1.96 bits per heavy atom. The van der Waals surface area contributed by atoms with Gasteiger partial charge >= 0.3 is 0 Å². The van der Waals surface area contributed by atoms with Gasteiger partial charge in [-0.25, -0.2) is 0 Å². The number of nitrogens with zero attached hydrogens (tertiary/aromatic N) is 4. The third-order valence-electron chi connectivity index (χ3n) is 4.10. The highest BCUT2D eigenvalue weighted by Gasteiger charge is 2.24. The molecule has 1 saturated heterocycles. The van der Waals surface area contributed by atoms with Gasteiger partial charge in [0.25, 0.3) is 0 Å². The summed E-state index contributed by atoms with van der Waals surface area (Å²) in [7, 11) is 0. The molecule has 2 aromatic rings. The van der Waals surface area contributed by atoms with Gasteiger partial charge in [-0.3, -0.25) is 14.7 Å². The molecule has 0 spiro atoms. The first kappa shape index (κ1) is 16.4. The van der Waals surface area contributed by atoms with Gasteiger partial charge in [-0.05, 0) is 29.3 Å². The van der Waals surface area contributed by atoms with Crippen LogP contribution in [0.5, 0.6) is 0 Å². The number of amides is 1. The van der Waals surface area contributed by atoms with Crippen LogP contribution in [-0.2, 0) is 17.9 Å². The SMILES string of the molecule is N#Cc1ccc(CN2CCN(Cc3ccncc3Cl)CC2=O)cc1. The van der Waals surface area contributed by atoms with E-state index in [1.807, 2.05) is 23.1 Å². The molecule has 1 aromatic carbocycles. The van der Waals surface area contributed by atoms with Crippen LogP contribution in [-0.4, -0.2) is 40.3 Å². The maximum atomic E-state index is 12.4. The number of piperazine rings is 1. The van der Waals surface area contributed by atoms with Crippen molar-refractivity contribution in [3.05, 3.63) is 64.4 Å². The van der Waals surface area contributed by atoms with Gasteiger partial charge in [-0.1, -0.05) is 23.7 Å². The van der Waals surface area contributed by atoms with Crippen LogP contribution in [0.25, 0.3) is 0 Å². The topological polar surface area (TPSA) is 60.2 Å². The predicted molar refractivity (Wildman–Crippen MR) is 91.1 cm³/mol. The van der Waals surface area contributed by atoms with E-state index >= 15 is 0 Å². The molecule has 1 aliphatic heterocycles. The molecule has 6 heteroatoms. The zero-order valence-electron chi connectivity index (χ0n) is 13.2. The molecule has 0 radical (unpaired) electrons. The average molecular weight is 341 g/mol. The van der Waals surface area contributed by atoms with Crippen molar-refractivity contribution in [1.29, 1.82) is 5.26 Å². The predicted octanol–water partition coefficient (Wildman–Crippen LogP) is 2.45. The van der Waals surface area contributed by atoms with Crippen LogP contribution in [0.2, 0.25) is 5.02 Å². The summed E-state index contributed by atoms with van der Waals surface area (Å²) in [6.07, 6.45) is 3.34. The average Bonchev–Trinajstić information content (AvgIpc) is 2.60.